The van der Waals surface area contributed by atoms with E-state index in [1.807, 2.05) is 47.1 Å². The second kappa shape index (κ2) is 7.72. The molecule has 0 saturated heterocycles. The van der Waals surface area contributed by atoms with E-state index >= 15 is 0 Å². The number of nitrogens with two attached hydrogens (primary N) is 1. The normalized spacial score (nSPS) is 10.8. The minimum atomic E-state index is 0.735. The number of nitrogens with zero attached hydrogens (tertiary/aromatic N) is 2. The predicted octanol–water partition coefficient (Wildman–Crippen LogP) is 6.46. The maximum Gasteiger partial charge on any atom is 0.101 e. The second-order valence-electron chi connectivity index (χ2n) is 7.17. The van der Waals surface area contributed by atoms with Crippen LogP contribution >= 0.6 is 0 Å². The van der Waals surface area contributed by atoms with Gasteiger partial charge in [0, 0.05) is 22.4 Å². The molecule has 0 unspecified atom stereocenters. The molecule has 0 radical (unpaired) electrons. The van der Waals surface area contributed by atoms with Crippen LogP contribution < -0.4 is 5.73 Å². The van der Waals surface area contributed by atoms with Crippen molar-refractivity contribution in [1.29, 1.82) is 0 Å². The van der Waals surface area contributed by atoms with Gasteiger partial charge in [-0.1, -0.05) is 91.0 Å². The molecule has 30 heavy (non-hydrogen) atoms. The van der Waals surface area contributed by atoms with E-state index in [4.69, 9.17) is 10.8 Å². The van der Waals surface area contributed by atoms with E-state index in [0.717, 1.165) is 45.0 Å². The molecule has 1 aromatic heterocycles. The Kier molecular flexibility index (Phi) is 4.62. The third-order valence-electron chi connectivity index (χ3n) is 5.18. The standard InChI is InChI=1S/C27H21N3/c28-23-16-18-24(19-17-23)30-27(22-14-8-3-9-15-22)25(20-10-4-1-5-11-20)26(29-30)21-12-6-2-7-13-21/h1-19H,28H2. The predicted molar refractivity (Wildman–Crippen MR) is 124 cm³/mol. The molecule has 0 bridgehead atoms. The molecule has 3 nitrogen and oxygen atoms in total. The lowest BCUT2D eigenvalue weighted by Gasteiger charge is -2.11. The van der Waals surface area contributed by atoms with Crippen molar-refractivity contribution in [3.05, 3.63) is 115 Å². The topological polar surface area (TPSA) is 43.8 Å². The van der Waals surface area contributed by atoms with Gasteiger partial charge in [0.25, 0.3) is 0 Å². The fraction of sp³-hybridized carbons (Fsp3) is 0. The van der Waals surface area contributed by atoms with E-state index in [0.29, 0.717) is 0 Å². The summed E-state index contributed by atoms with van der Waals surface area (Å²) in [5.41, 5.74) is 14.1. The first kappa shape index (κ1) is 18.0. The van der Waals surface area contributed by atoms with Crippen molar-refractivity contribution in [2.45, 2.75) is 0 Å². The van der Waals surface area contributed by atoms with E-state index in [1.54, 1.807) is 0 Å². The van der Waals surface area contributed by atoms with Crippen LogP contribution in [0.3, 0.4) is 0 Å². The van der Waals surface area contributed by atoms with E-state index in [9.17, 15) is 0 Å². The molecule has 5 rings (SSSR count). The Bertz CT molecular complexity index is 1260. The highest BCUT2D eigenvalue weighted by Crippen LogP contribution is 2.41. The first-order valence-electron chi connectivity index (χ1n) is 9.96. The molecule has 5 aromatic rings. The molecular formula is C27H21N3. The zero-order chi connectivity index (χ0) is 20.3. The quantitative estimate of drug-likeness (QED) is 0.360. The number of rotatable bonds is 4. The van der Waals surface area contributed by atoms with Crippen LogP contribution in [-0.4, -0.2) is 9.78 Å². The van der Waals surface area contributed by atoms with Crippen LogP contribution in [0.4, 0.5) is 5.69 Å². The Hall–Kier alpha value is -4.11. The minimum Gasteiger partial charge on any atom is -0.399 e. The van der Waals surface area contributed by atoms with Crippen LogP contribution in [0.15, 0.2) is 115 Å². The Morgan fingerprint density at radius 2 is 1.03 bits per heavy atom. The van der Waals surface area contributed by atoms with Gasteiger partial charge in [-0.05, 0) is 29.8 Å². The molecule has 0 aliphatic carbocycles. The number of hydrogen-bond acceptors (Lipinski definition) is 2. The fourth-order valence-corrected chi connectivity index (χ4v) is 3.76. The maximum atomic E-state index is 5.94. The molecule has 144 valence electrons. The summed E-state index contributed by atoms with van der Waals surface area (Å²) in [5, 5.41) is 5.11. The molecule has 4 aromatic carbocycles. The third kappa shape index (κ3) is 3.27. The molecule has 0 aliphatic heterocycles. The van der Waals surface area contributed by atoms with Crippen LogP contribution in [-0.2, 0) is 0 Å². The first-order chi connectivity index (χ1) is 14.8. The third-order valence-corrected chi connectivity index (χ3v) is 5.18. The fourth-order valence-electron chi connectivity index (χ4n) is 3.76. The zero-order valence-corrected chi connectivity index (χ0v) is 16.4. The van der Waals surface area contributed by atoms with Crippen molar-refractivity contribution in [2.75, 3.05) is 5.73 Å². The summed E-state index contributed by atoms with van der Waals surface area (Å²) in [6.07, 6.45) is 0. The maximum absolute atomic E-state index is 5.94. The summed E-state index contributed by atoms with van der Waals surface area (Å²) in [4.78, 5) is 0. The number of aromatic nitrogens is 2. The van der Waals surface area contributed by atoms with Gasteiger partial charge in [0.2, 0.25) is 0 Å². The van der Waals surface area contributed by atoms with Gasteiger partial charge in [-0.3, -0.25) is 0 Å². The monoisotopic (exact) mass is 387 g/mol. The average molecular weight is 387 g/mol. The Morgan fingerprint density at radius 3 is 1.60 bits per heavy atom. The van der Waals surface area contributed by atoms with Gasteiger partial charge < -0.3 is 5.73 Å². The molecule has 0 aliphatic rings. The lowest BCUT2D eigenvalue weighted by Crippen LogP contribution is -2.00. The van der Waals surface area contributed by atoms with E-state index in [-0.39, 0.29) is 0 Å². The zero-order valence-electron chi connectivity index (χ0n) is 16.4. The Morgan fingerprint density at radius 1 is 0.533 bits per heavy atom. The number of benzene rings is 4. The van der Waals surface area contributed by atoms with Crippen LogP contribution in [0, 0.1) is 0 Å². The SMILES string of the molecule is Nc1ccc(-n2nc(-c3ccccc3)c(-c3ccccc3)c2-c2ccccc2)cc1. The van der Waals surface area contributed by atoms with Crippen molar-refractivity contribution >= 4 is 5.69 Å². The summed E-state index contributed by atoms with van der Waals surface area (Å²) < 4.78 is 2.03. The highest BCUT2D eigenvalue weighted by Gasteiger charge is 2.22. The molecule has 0 atom stereocenters. The van der Waals surface area contributed by atoms with Gasteiger partial charge in [0.1, 0.15) is 5.69 Å². The molecule has 0 amide bonds. The largest absolute Gasteiger partial charge is 0.399 e. The Labute approximate surface area is 176 Å². The summed E-state index contributed by atoms with van der Waals surface area (Å²) >= 11 is 0. The molecule has 0 saturated carbocycles. The van der Waals surface area contributed by atoms with Crippen molar-refractivity contribution in [3.8, 4) is 39.3 Å². The summed E-state index contributed by atoms with van der Waals surface area (Å²) in [6.45, 7) is 0. The van der Waals surface area contributed by atoms with Gasteiger partial charge in [-0.15, -0.1) is 0 Å². The van der Waals surface area contributed by atoms with Gasteiger partial charge in [-0.25, -0.2) is 4.68 Å². The highest BCUT2D eigenvalue weighted by molar-refractivity contribution is 5.92. The lowest BCUT2D eigenvalue weighted by atomic mass is 9.96. The average Bonchev–Trinajstić information content (AvgIpc) is 3.22. The number of anilines is 1. The van der Waals surface area contributed by atoms with Crippen LogP contribution in [0.5, 0.6) is 0 Å². The van der Waals surface area contributed by atoms with Crippen LogP contribution in [0.1, 0.15) is 0 Å². The first-order valence-corrected chi connectivity index (χ1v) is 9.96. The molecule has 2 N–H and O–H groups in total. The minimum absolute atomic E-state index is 0.735. The molecule has 1 heterocycles. The summed E-state index contributed by atoms with van der Waals surface area (Å²) in [5.74, 6) is 0. The number of hydrogen-bond donors (Lipinski definition) is 1. The van der Waals surface area contributed by atoms with Gasteiger partial charge >= 0.3 is 0 Å². The van der Waals surface area contributed by atoms with E-state index in [2.05, 4.69) is 72.8 Å². The van der Waals surface area contributed by atoms with Crippen molar-refractivity contribution in [2.24, 2.45) is 0 Å². The molecule has 3 heteroatoms. The highest BCUT2D eigenvalue weighted by atomic mass is 15.3. The Balaban J connectivity index is 1.88. The molecular weight excluding hydrogens is 366 g/mol. The second-order valence-corrected chi connectivity index (χ2v) is 7.17. The van der Waals surface area contributed by atoms with E-state index < -0.39 is 0 Å². The van der Waals surface area contributed by atoms with Gasteiger partial charge in [0.15, 0.2) is 0 Å². The summed E-state index contributed by atoms with van der Waals surface area (Å²) in [7, 11) is 0. The van der Waals surface area contributed by atoms with Gasteiger partial charge in [0.05, 0.1) is 11.4 Å². The van der Waals surface area contributed by atoms with Crippen molar-refractivity contribution in [1.82, 2.24) is 9.78 Å². The molecule has 0 fully saturated rings. The lowest BCUT2D eigenvalue weighted by molar-refractivity contribution is 0.892. The van der Waals surface area contributed by atoms with Crippen molar-refractivity contribution < 1.29 is 0 Å². The summed E-state index contributed by atoms with van der Waals surface area (Å²) in [6, 6.07) is 39.1. The van der Waals surface area contributed by atoms with Crippen molar-refractivity contribution in [3.63, 3.8) is 0 Å². The van der Waals surface area contributed by atoms with Gasteiger partial charge in [-0.2, -0.15) is 5.10 Å². The van der Waals surface area contributed by atoms with Crippen LogP contribution in [0.2, 0.25) is 0 Å². The van der Waals surface area contributed by atoms with E-state index in [1.165, 1.54) is 0 Å². The van der Waals surface area contributed by atoms with Crippen LogP contribution in [0.25, 0.3) is 39.3 Å². The smallest absolute Gasteiger partial charge is 0.101 e. The molecule has 0 spiro atoms. The number of nitrogen functional groups attached to an aromatic ring is 1.